The molecule has 1 atom stereocenters. The molecule has 1 fully saturated rings. The van der Waals surface area contributed by atoms with Gasteiger partial charge in [-0.25, -0.2) is 4.98 Å². The van der Waals surface area contributed by atoms with Gasteiger partial charge < -0.3 is 15.0 Å². The number of nitrogens with zero attached hydrogens (tertiary/aromatic N) is 4. The summed E-state index contributed by atoms with van der Waals surface area (Å²) >= 11 is 0. The molecule has 8 nitrogen and oxygen atoms in total. The highest BCUT2D eigenvalue weighted by Crippen LogP contribution is 2.26. The van der Waals surface area contributed by atoms with Crippen LogP contribution in [0.4, 0.5) is 11.5 Å². The van der Waals surface area contributed by atoms with Crippen LogP contribution in [0.25, 0.3) is 0 Å². The maximum Gasteiger partial charge on any atom is 0.274 e. The van der Waals surface area contributed by atoms with Crippen LogP contribution < -0.4 is 5.32 Å². The molecule has 0 spiro atoms. The zero-order chi connectivity index (χ0) is 22.0. The number of carbonyl (C=O) groups is 1. The van der Waals surface area contributed by atoms with Crippen LogP contribution >= 0.6 is 0 Å². The van der Waals surface area contributed by atoms with Crippen molar-refractivity contribution < 1.29 is 9.53 Å². The molecule has 3 aromatic heterocycles. The van der Waals surface area contributed by atoms with Crippen molar-refractivity contribution in [3.63, 3.8) is 0 Å². The third kappa shape index (κ3) is 4.74. The fourth-order valence-electron chi connectivity index (χ4n) is 3.60. The van der Waals surface area contributed by atoms with E-state index in [0.29, 0.717) is 25.4 Å². The minimum atomic E-state index is -0.300. The van der Waals surface area contributed by atoms with E-state index < -0.39 is 0 Å². The van der Waals surface area contributed by atoms with Crippen molar-refractivity contribution in [3.05, 3.63) is 64.9 Å². The second-order valence-electron chi connectivity index (χ2n) is 8.19. The lowest BCUT2D eigenvalue weighted by Gasteiger charge is -2.32. The molecule has 0 saturated carbocycles. The van der Waals surface area contributed by atoms with Crippen LogP contribution in [0.1, 0.15) is 59.0 Å². The molecule has 31 heavy (non-hydrogen) atoms. The number of anilines is 2. The predicted molar refractivity (Wildman–Crippen MR) is 119 cm³/mol. The van der Waals surface area contributed by atoms with Crippen LogP contribution in [0.3, 0.4) is 0 Å². The normalized spacial score (nSPS) is 16.5. The topological polar surface area (TPSA) is 96.0 Å². The van der Waals surface area contributed by atoms with Gasteiger partial charge in [0, 0.05) is 29.8 Å². The fraction of sp³-hybridized carbons (Fsp3) is 0.391. The van der Waals surface area contributed by atoms with Crippen molar-refractivity contribution in [2.24, 2.45) is 0 Å². The summed E-state index contributed by atoms with van der Waals surface area (Å²) in [5.74, 6) is 1.00. The number of aromatic amines is 1. The highest BCUT2D eigenvalue weighted by atomic mass is 16.5. The number of hydrogen-bond donors (Lipinski definition) is 2. The molecule has 1 aliphatic heterocycles. The van der Waals surface area contributed by atoms with Crippen molar-refractivity contribution in [2.75, 3.05) is 25.0 Å². The number of aromatic nitrogens is 4. The van der Waals surface area contributed by atoms with Gasteiger partial charge in [0.2, 0.25) is 0 Å². The molecule has 0 aliphatic carbocycles. The first-order chi connectivity index (χ1) is 14.9. The Kier molecular flexibility index (Phi) is 5.99. The Morgan fingerprint density at radius 3 is 2.87 bits per heavy atom. The van der Waals surface area contributed by atoms with E-state index in [1.165, 1.54) is 0 Å². The highest BCUT2D eigenvalue weighted by molar-refractivity contribution is 5.92. The number of ether oxygens (including phenoxy) is 1. The van der Waals surface area contributed by atoms with Crippen molar-refractivity contribution in [1.29, 1.82) is 0 Å². The largest absolute Gasteiger partial charge is 0.368 e. The van der Waals surface area contributed by atoms with Gasteiger partial charge in [0.05, 0.1) is 18.8 Å². The number of hydrogen-bond acceptors (Lipinski definition) is 6. The second-order valence-corrected chi connectivity index (χ2v) is 8.19. The molecule has 0 bridgehead atoms. The van der Waals surface area contributed by atoms with Crippen LogP contribution in [0, 0.1) is 13.8 Å². The molecule has 1 amide bonds. The van der Waals surface area contributed by atoms with Crippen LogP contribution in [0.2, 0.25) is 0 Å². The number of nitrogens with one attached hydrogen (secondary N) is 2. The van der Waals surface area contributed by atoms with Gasteiger partial charge in [-0.1, -0.05) is 19.9 Å². The van der Waals surface area contributed by atoms with Crippen molar-refractivity contribution in [2.45, 2.75) is 39.7 Å². The smallest absolute Gasteiger partial charge is 0.274 e. The van der Waals surface area contributed by atoms with Gasteiger partial charge in [-0.2, -0.15) is 5.10 Å². The summed E-state index contributed by atoms with van der Waals surface area (Å²) in [6.45, 7) is 9.50. The third-order valence-electron chi connectivity index (χ3n) is 5.37. The second kappa shape index (κ2) is 8.85. The summed E-state index contributed by atoms with van der Waals surface area (Å²) in [5.41, 5.74) is 5.01. The molecular weight excluding hydrogens is 392 g/mol. The standard InChI is InChI=1S/C23H28N6O2/c1-14(2)18-12-20(28-27-18)23(30)29-8-9-31-21(13-29)19-11-17(10-16(4)25-19)26-22-15(3)6-5-7-24-22/h5-7,10-12,14,21H,8-9,13H2,1-4H3,(H,27,28)(H,24,25,26)/t21-/m0/s1. The Morgan fingerprint density at radius 2 is 2.13 bits per heavy atom. The Morgan fingerprint density at radius 1 is 1.29 bits per heavy atom. The summed E-state index contributed by atoms with van der Waals surface area (Å²) in [6.07, 6.45) is 1.46. The summed E-state index contributed by atoms with van der Waals surface area (Å²) in [7, 11) is 0. The van der Waals surface area contributed by atoms with Gasteiger partial charge >= 0.3 is 0 Å². The van der Waals surface area contributed by atoms with Gasteiger partial charge in [-0.05, 0) is 49.6 Å². The van der Waals surface area contributed by atoms with E-state index in [-0.39, 0.29) is 17.9 Å². The van der Waals surface area contributed by atoms with Gasteiger partial charge in [-0.15, -0.1) is 0 Å². The average Bonchev–Trinajstić information content (AvgIpc) is 3.25. The van der Waals surface area contributed by atoms with E-state index in [1.54, 1.807) is 11.1 Å². The van der Waals surface area contributed by atoms with E-state index in [4.69, 9.17) is 4.74 Å². The van der Waals surface area contributed by atoms with Gasteiger partial charge in [0.25, 0.3) is 5.91 Å². The zero-order valence-corrected chi connectivity index (χ0v) is 18.3. The monoisotopic (exact) mass is 420 g/mol. The van der Waals surface area contributed by atoms with Crippen LogP contribution in [0.15, 0.2) is 36.5 Å². The summed E-state index contributed by atoms with van der Waals surface area (Å²) in [5, 5.41) is 10.5. The SMILES string of the molecule is Cc1cc(Nc2ncccc2C)cc([C@@H]2CN(C(=O)c3cc(C(C)C)[nH]n3)CCO2)n1. The average molecular weight is 421 g/mol. The minimum absolute atomic E-state index is 0.0911. The third-order valence-corrected chi connectivity index (χ3v) is 5.37. The van der Waals surface area contributed by atoms with Gasteiger partial charge in [0.15, 0.2) is 0 Å². The lowest BCUT2D eigenvalue weighted by Crippen LogP contribution is -2.42. The summed E-state index contributed by atoms with van der Waals surface area (Å²) < 4.78 is 5.98. The molecule has 2 N–H and O–H groups in total. The van der Waals surface area contributed by atoms with Crippen LogP contribution in [-0.2, 0) is 4.74 Å². The first-order valence-corrected chi connectivity index (χ1v) is 10.5. The number of morpholine rings is 1. The van der Waals surface area contributed by atoms with E-state index in [1.807, 2.05) is 44.2 Å². The molecule has 3 aromatic rings. The van der Waals surface area contributed by atoms with Crippen molar-refractivity contribution >= 4 is 17.4 Å². The van der Waals surface area contributed by atoms with E-state index in [2.05, 4.69) is 39.3 Å². The number of rotatable bonds is 5. The molecule has 1 saturated heterocycles. The number of aryl methyl sites for hydroxylation is 2. The summed E-state index contributed by atoms with van der Waals surface area (Å²) in [6, 6.07) is 9.69. The first kappa shape index (κ1) is 21.0. The number of H-pyrrole nitrogens is 1. The molecule has 1 aliphatic rings. The van der Waals surface area contributed by atoms with Gasteiger partial charge in [-0.3, -0.25) is 14.9 Å². The van der Waals surface area contributed by atoms with E-state index in [9.17, 15) is 4.79 Å². The molecular formula is C23H28N6O2. The Balaban J connectivity index is 1.52. The zero-order valence-electron chi connectivity index (χ0n) is 18.3. The lowest BCUT2D eigenvalue weighted by atomic mass is 10.1. The minimum Gasteiger partial charge on any atom is -0.368 e. The number of carbonyl (C=O) groups excluding carboxylic acids is 1. The van der Waals surface area contributed by atoms with Crippen molar-refractivity contribution in [1.82, 2.24) is 25.1 Å². The number of amides is 1. The number of pyridine rings is 2. The van der Waals surface area contributed by atoms with Crippen LogP contribution in [0.5, 0.6) is 0 Å². The Bertz CT molecular complexity index is 1080. The predicted octanol–water partition coefficient (Wildman–Crippen LogP) is 3.90. The fourth-order valence-corrected chi connectivity index (χ4v) is 3.60. The van der Waals surface area contributed by atoms with Gasteiger partial charge in [0.1, 0.15) is 17.6 Å². The van der Waals surface area contributed by atoms with Crippen LogP contribution in [-0.4, -0.2) is 50.7 Å². The molecule has 4 rings (SSSR count). The molecule has 8 heteroatoms. The quantitative estimate of drug-likeness (QED) is 0.650. The van der Waals surface area contributed by atoms with E-state index in [0.717, 1.165) is 34.2 Å². The maximum absolute atomic E-state index is 13.0. The molecule has 0 unspecified atom stereocenters. The lowest BCUT2D eigenvalue weighted by molar-refractivity contribution is -0.0249. The molecule has 4 heterocycles. The molecule has 0 radical (unpaired) electrons. The Labute approximate surface area is 182 Å². The Hall–Kier alpha value is -3.26. The first-order valence-electron chi connectivity index (χ1n) is 10.5. The van der Waals surface area contributed by atoms with Crippen molar-refractivity contribution in [3.8, 4) is 0 Å². The maximum atomic E-state index is 13.0. The molecule has 0 aromatic carbocycles. The molecule has 162 valence electrons. The summed E-state index contributed by atoms with van der Waals surface area (Å²) in [4.78, 5) is 23.8. The highest BCUT2D eigenvalue weighted by Gasteiger charge is 2.28. The van der Waals surface area contributed by atoms with E-state index >= 15 is 0 Å².